The highest BCUT2D eigenvalue weighted by Crippen LogP contribution is 2.27. The summed E-state index contributed by atoms with van der Waals surface area (Å²) in [4.78, 5) is 16.3. The third-order valence-electron chi connectivity index (χ3n) is 4.69. The first kappa shape index (κ1) is 16.7. The number of aromatic nitrogens is 2. The summed E-state index contributed by atoms with van der Waals surface area (Å²) in [5.41, 5.74) is 2.07. The Labute approximate surface area is 142 Å². The van der Waals surface area contributed by atoms with E-state index in [4.69, 9.17) is 4.52 Å². The molecule has 0 spiro atoms. The average molecular weight is 327 g/mol. The van der Waals surface area contributed by atoms with Crippen molar-refractivity contribution in [2.75, 3.05) is 0 Å². The predicted octanol–water partition coefficient (Wildman–Crippen LogP) is 4.02. The van der Waals surface area contributed by atoms with Gasteiger partial charge in [-0.15, -0.1) is 0 Å². The molecule has 0 radical (unpaired) electrons. The summed E-state index contributed by atoms with van der Waals surface area (Å²) in [6.45, 7) is 2.32. The van der Waals surface area contributed by atoms with Crippen molar-refractivity contribution < 1.29 is 9.32 Å². The number of nitrogens with one attached hydrogen (secondary N) is 1. The van der Waals surface area contributed by atoms with Gasteiger partial charge in [-0.2, -0.15) is 4.98 Å². The van der Waals surface area contributed by atoms with E-state index in [9.17, 15) is 4.79 Å². The third kappa shape index (κ3) is 4.66. The minimum Gasteiger partial charge on any atom is -0.347 e. The van der Waals surface area contributed by atoms with Crippen LogP contribution in [0.2, 0.25) is 0 Å². The summed E-state index contributed by atoms with van der Waals surface area (Å²) in [5, 5.41) is 6.87. The van der Waals surface area contributed by atoms with Crippen LogP contribution in [0.4, 0.5) is 0 Å². The Kier molecular flexibility index (Phi) is 5.62. The van der Waals surface area contributed by atoms with Crippen LogP contribution in [0.1, 0.15) is 56.4 Å². The number of hydrogen-bond donors (Lipinski definition) is 1. The summed E-state index contributed by atoms with van der Waals surface area (Å²) < 4.78 is 5.23. The zero-order chi connectivity index (χ0) is 16.8. The zero-order valence-electron chi connectivity index (χ0n) is 14.3. The fourth-order valence-electron chi connectivity index (χ4n) is 3.30. The van der Waals surface area contributed by atoms with Gasteiger partial charge in [0.05, 0.1) is 6.54 Å². The molecule has 5 heteroatoms. The van der Waals surface area contributed by atoms with Crippen LogP contribution in [0, 0.1) is 12.8 Å². The second-order valence-corrected chi connectivity index (χ2v) is 6.70. The van der Waals surface area contributed by atoms with Crippen molar-refractivity contribution in [3.63, 3.8) is 0 Å². The van der Waals surface area contributed by atoms with Crippen molar-refractivity contribution in [3.8, 4) is 11.4 Å². The molecule has 2 aromatic rings. The second kappa shape index (κ2) is 8.08. The van der Waals surface area contributed by atoms with Crippen LogP contribution in [0.5, 0.6) is 0 Å². The van der Waals surface area contributed by atoms with Crippen molar-refractivity contribution in [2.45, 2.75) is 58.4 Å². The van der Waals surface area contributed by atoms with Crippen LogP contribution in [-0.2, 0) is 11.3 Å². The number of nitrogens with zero attached hydrogens (tertiary/aromatic N) is 2. The normalized spacial score (nSPS) is 15.4. The molecule has 1 amide bonds. The van der Waals surface area contributed by atoms with Gasteiger partial charge in [-0.25, -0.2) is 0 Å². The average Bonchev–Trinajstić information content (AvgIpc) is 3.08. The molecule has 1 N–H and O–H groups in total. The first-order chi connectivity index (χ1) is 11.7. The maximum atomic E-state index is 12.0. The van der Waals surface area contributed by atoms with E-state index in [-0.39, 0.29) is 5.91 Å². The lowest BCUT2D eigenvalue weighted by atomic mass is 9.86. The number of carbonyl (C=O) groups is 1. The molecule has 1 aliphatic rings. The molecule has 0 atom stereocenters. The van der Waals surface area contributed by atoms with E-state index in [0.29, 0.717) is 24.7 Å². The smallest absolute Gasteiger partial charge is 0.246 e. The van der Waals surface area contributed by atoms with Gasteiger partial charge in [-0.3, -0.25) is 4.79 Å². The van der Waals surface area contributed by atoms with Crippen LogP contribution in [0.3, 0.4) is 0 Å². The Morgan fingerprint density at radius 1 is 1.29 bits per heavy atom. The van der Waals surface area contributed by atoms with Crippen molar-refractivity contribution in [1.29, 1.82) is 0 Å². The number of rotatable bonds is 6. The molecule has 1 heterocycles. The van der Waals surface area contributed by atoms with Crippen molar-refractivity contribution in [3.05, 3.63) is 35.7 Å². The Morgan fingerprint density at radius 3 is 2.92 bits per heavy atom. The molecule has 0 saturated heterocycles. The fraction of sp³-hybridized carbons (Fsp3) is 0.526. The van der Waals surface area contributed by atoms with Crippen LogP contribution in [0.25, 0.3) is 11.4 Å². The third-order valence-corrected chi connectivity index (χ3v) is 4.69. The number of aryl methyl sites for hydroxylation is 1. The number of benzene rings is 1. The lowest BCUT2D eigenvalue weighted by Crippen LogP contribution is -2.23. The quantitative estimate of drug-likeness (QED) is 0.870. The molecule has 1 fully saturated rings. The van der Waals surface area contributed by atoms with Crippen LogP contribution < -0.4 is 5.32 Å². The minimum absolute atomic E-state index is 0.0656. The number of carbonyl (C=O) groups excluding carboxylic acids is 1. The lowest BCUT2D eigenvalue weighted by molar-refractivity contribution is -0.121. The molecule has 3 rings (SSSR count). The Hall–Kier alpha value is -2.17. The van der Waals surface area contributed by atoms with Gasteiger partial charge in [0.1, 0.15) is 0 Å². The molecule has 1 aromatic heterocycles. The van der Waals surface area contributed by atoms with Gasteiger partial charge >= 0.3 is 0 Å². The number of amides is 1. The maximum absolute atomic E-state index is 12.0. The summed E-state index contributed by atoms with van der Waals surface area (Å²) in [5.74, 6) is 1.79. The Balaban J connectivity index is 1.45. The molecule has 0 bridgehead atoms. The molecule has 5 nitrogen and oxygen atoms in total. The zero-order valence-corrected chi connectivity index (χ0v) is 14.3. The number of hydrogen-bond acceptors (Lipinski definition) is 4. The highest BCUT2D eigenvalue weighted by Gasteiger charge is 2.15. The summed E-state index contributed by atoms with van der Waals surface area (Å²) in [6, 6.07) is 7.95. The fourth-order valence-corrected chi connectivity index (χ4v) is 3.30. The summed E-state index contributed by atoms with van der Waals surface area (Å²) >= 11 is 0. The van der Waals surface area contributed by atoms with E-state index >= 15 is 0 Å². The van der Waals surface area contributed by atoms with Gasteiger partial charge in [0.25, 0.3) is 0 Å². The molecule has 0 aliphatic heterocycles. The first-order valence-corrected chi connectivity index (χ1v) is 8.87. The van der Waals surface area contributed by atoms with Crippen molar-refractivity contribution in [2.24, 2.45) is 5.92 Å². The van der Waals surface area contributed by atoms with E-state index in [1.807, 2.05) is 31.2 Å². The second-order valence-electron chi connectivity index (χ2n) is 6.70. The monoisotopic (exact) mass is 327 g/mol. The molecule has 1 aromatic carbocycles. The van der Waals surface area contributed by atoms with Gasteiger partial charge in [0.15, 0.2) is 0 Å². The van der Waals surface area contributed by atoms with Crippen molar-refractivity contribution in [1.82, 2.24) is 15.5 Å². The van der Waals surface area contributed by atoms with E-state index < -0.39 is 0 Å². The highest BCUT2D eigenvalue weighted by atomic mass is 16.5. The molecule has 1 saturated carbocycles. The van der Waals surface area contributed by atoms with Crippen LogP contribution >= 0.6 is 0 Å². The van der Waals surface area contributed by atoms with Gasteiger partial charge < -0.3 is 9.84 Å². The molecular weight excluding hydrogens is 302 g/mol. The standard InChI is InChI=1S/C19H25N3O2/c1-14-6-5-9-16(12-14)19-21-18(24-22-19)13-20-17(23)11-10-15-7-3-2-4-8-15/h5-6,9,12,15H,2-4,7-8,10-11,13H2,1H3,(H,20,23). The maximum Gasteiger partial charge on any atom is 0.246 e. The van der Waals surface area contributed by atoms with Gasteiger partial charge in [-0.05, 0) is 25.3 Å². The highest BCUT2D eigenvalue weighted by molar-refractivity contribution is 5.75. The molecular formula is C19H25N3O2. The Bertz CT molecular complexity index is 675. The molecule has 128 valence electrons. The molecule has 24 heavy (non-hydrogen) atoms. The van der Waals surface area contributed by atoms with E-state index in [1.54, 1.807) is 0 Å². The van der Waals surface area contributed by atoms with E-state index in [1.165, 1.54) is 32.1 Å². The molecule has 0 unspecified atom stereocenters. The first-order valence-electron chi connectivity index (χ1n) is 8.87. The lowest BCUT2D eigenvalue weighted by Gasteiger charge is -2.20. The van der Waals surface area contributed by atoms with Crippen molar-refractivity contribution >= 4 is 5.91 Å². The summed E-state index contributed by atoms with van der Waals surface area (Å²) in [6.07, 6.45) is 8.11. The van der Waals surface area contributed by atoms with Gasteiger partial charge in [0, 0.05) is 12.0 Å². The minimum atomic E-state index is 0.0656. The largest absolute Gasteiger partial charge is 0.347 e. The Morgan fingerprint density at radius 2 is 2.12 bits per heavy atom. The van der Waals surface area contributed by atoms with E-state index in [2.05, 4.69) is 15.5 Å². The topological polar surface area (TPSA) is 68.0 Å². The van der Waals surface area contributed by atoms with Gasteiger partial charge in [0.2, 0.25) is 17.6 Å². The van der Waals surface area contributed by atoms with Gasteiger partial charge in [-0.1, -0.05) is 61.0 Å². The van der Waals surface area contributed by atoms with Crippen LogP contribution in [-0.4, -0.2) is 16.0 Å². The summed E-state index contributed by atoms with van der Waals surface area (Å²) in [7, 11) is 0. The van der Waals surface area contributed by atoms with Crippen LogP contribution in [0.15, 0.2) is 28.8 Å². The predicted molar refractivity (Wildman–Crippen MR) is 92.1 cm³/mol. The van der Waals surface area contributed by atoms with E-state index in [0.717, 1.165) is 23.5 Å². The molecule has 1 aliphatic carbocycles. The SMILES string of the molecule is Cc1cccc(-c2noc(CNC(=O)CCC3CCCCC3)n2)c1.